The van der Waals surface area contributed by atoms with E-state index in [4.69, 9.17) is 0 Å². The highest BCUT2D eigenvalue weighted by Gasteiger charge is 2.23. The normalized spacial score (nSPS) is 24.1. The predicted octanol–water partition coefficient (Wildman–Crippen LogP) is 3.18. The van der Waals surface area contributed by atoms with E-state index in [1.165, 1.54) is 10.9 Å². The Hall–Kier alpha value is -0.970. The molecule has 4 heteroatoms. The van der Waals surface area contributed by atoms with Gasteiger partial charge in [0.05, 0.1) is 5.52 Å². The Morgan fingerprint density at radius 1 is 1.35 bits per heavy atom. The highest BCUT2D eigenvalue weighted by Crippen LogP contribution is 2.26. The minimum Gasteiger partial charge on any atom is -0.311 e. The molecule has 0 radical (unpaired) electrons. The van der Waals surface area contributed by atoms with Gasteiger partial charge in [-0.15, -0.1) is 0 Å². The number of nitrogens with one attached hydrogen (secondary N) is 1. The molecule has 3 nitrogen and oxygen atoms in total. The predicted molar refractivity (Wildman–Crippen MR) is 86.8 cm³/mol. The monoisotopic (exact) mass is 333 g/mol. The van der Waals surface area contributed by atoms with Crippen molar-refractivity contribution in [1.82, 2.24) is 15.2 Å². The van der Waals surface area contributed by atoms with Gasteiger partial charge in [-0.25, -0.2) is 0 Å². The largest absolute Gasteiger partial charge is 0.311 e. The quantitative estimate of drug-likeness (QED) is 0.914. The lowest BCUT2D eigenvalue weighted by molar-refractivity contribution is 0.139. The first-order valence-electron chi connectivity index (χ1n) is 7.14. The molecule has 20 heavy (non-hydrogen) atoms. The molecular weight excluding hydrogens is 314 g/mol. The zero-order valence-electron chi connectivity index (χ0n) is 11.9. The average molecular weight is 334 g/mol. The number of aromatic nitrogens is 1. The zero-order chi connectivity index (χ0) is 14.1. The smallest absolute Gasteiger partial charge is 0.0758 e. The molecule has 0 amide bonds. The van der Waals surface area contributed by atoms with Crippen molar-refractivity contribution in [3.8, 4) is 0 Å². The fraction of sp³-hybridized carbons (Fsp3) is 0.438. The van der Waals surface area contributed by atoms with Crippen molar-refractivity contribution in [2.45, 2.75) is 32.5 Å². The number of hydrogen-bond acceptors (Lipinski definition) is 3. The summed E-state index contributed by atoms with van der Waals surface area (Å²) >= 11 is 3.61. The number of halogens is 1. The van der Waals surface area contributed by atoms with Gasteiger partial charge in [0.1, 0.15) is 0 Å². The molecule has 0 saturated carbocycles. The fourth-order valence-corrected chi connectivity index (χ4v) is 3.31. The number of benzene rings is 1. The van der Waals surface area contributed by atoms with E-state index in [-0.39, 0.29) is 0 Å². The van der Waals surface area contributed by atoms with E-state index in [1.54, 1.807) is 0 Å². The molecule has 3 rings (SSSR count). The second kappa shape index (κ2) is 5.80. The summed E-state index contributed by atoms with van der Waals surface area (Å²) in [5.41, 5.74) is 2.42. The molecule has 2 unspecified atom stereocenters. The molecule has 1 fully saturated rings. The van der Waals surface area contributed by atoms with Crippen molar-refractivity contribution >= 4 is 26.8 Å². The van der Waals surface area contributed by atoms with E-state index < -0.39 is 0 Å². The zero-order valence-corrected chi connectivity index (χ0v) is 13.5. The van der Waals surface area contributed by atoms with Crippen LogP contribution in [-0.4, -0.2) is 35.1 Å². The molecule has 0 bridgehead atoms. The Bertz CT molecular complexity index is 614. The molecule has 0 aliphatic carbocycles. The van der Waals surface area contributed by atoms with Gasteiger partial charge in [0, 0.05) is 47.8 Å². The van der Waals surface area contributed by atoms with Crippen LogP contribution in [0, 0.1) is 0 Å². The van der Waals surface area contributed by atoms with Gasteiger partial charge in [-0.3, -0.25) is 9.88 Å². The van der Waals surface area contributed by atoms with Crippen LogP contribution in [0.5, 0.6) is 0 Å². The molecule has 106 valence electrons. The molecule has 2 heterocycles. The Balaban J connectivity index is 1.93. The third-order valence-corrected chi connectivity index (χ3v) is 4.76. The van der Waals surface area contributed by atoms with Gasteiger partial charge in [-0.2, -0.15) is 0 Å². The van der Waals surface area contributed by atoms with Crippen LogP contribution in [0.25, 0.3) is 10.9 Å². The third kappa shape index (κ3) is 2.73. The van der Waals surface area contributed by atoms with Crippen LogP contribution >= 0.6 is 15.9 Å². The van der Waals surface area contributed by atoms with Crippen LogP contribution in [0.2, 0.25) is 0 Å². The van der Waals surface area contributed by atoms with Gasteiger partial charge in [-0.05, 0) is 31.5 Å². The van der Waals surface area contributed by atoms with E-state index in [9.17, 15) is 0 Å². The first-order valence-corrected chi connectivity index (χ1v) is 7.94. The Morgan fingerprint density at radius 2 is 2.20 bits per heavy atom. The number of fused-ring (bicyclic) bond motifs is 1. The molecule has 1 saturated heterocycles. The van der Waals surface area contributed by atoms with E-state index in [1.807, 2.05) is 12.3 Å². The summed E-state index contributed by atoms with van der Waals surface area (Å²) < 4.78 is 1.12. The number of pyridine rings is 1. The molecule has 1 aromatic carbocycles. The molecular formula is C16H20BrN3. The Labute approximate surface area is 128 Å². The average Bonchev–Trinajstić information content (AvgIpc) is 2.46. The molecule has 1 N–H and O–H groups in total. The summed E-state index contributed by atoms with van der Waals surface area (Å²) in [7, 11) is 0. The highest BCUT2D eigenvalue weighted by molar-refractivity contribution is 9.10. The molecule has 1 aliphatic heterocycles. The lowest BCUT2D eigenvalue weighted by atomic mass is 10.1. The van der Waals surface area contributed by atoms with Gasteiger partial charge < -0.3 is 5.32 Å². The van der Waals surface area contributed by atoms with Crippen molar-refractivity contribution in [3.05, 3.63) is 40.5 Å². The molecule has 1 aromatic heterocycles. The third-order valence-electron chi connectivity index (χ3n) is 4.07. The first kappa shape index (κ1) is 14.0. The second-order valence-corrected chi connectivity index (χ2v) is 6.55. The van der Waals surface area contributed by atoms with E-state index in [0.717, 1.165) is 29.6 Å². The lowest BCUT2D eigenvalue weighted by Gasteiger charge is -2.37. The second-order valence-electron chi connectivity index (χ2n) is 5.69. The minimum absolute atomic E-state index is 0.556. The topological polar surface area (TPSA) is 28.2 Å². The van der Waals surface area contributed by atoms with Crippen LogP contribution in [0.3, 0.4) is 0 Å². The van der Waals surface area contributed by atoms with Gasteiger partial charge in [-0.1, -0.05) is 28.1 Å². The van der Waals surface area contributed by atoms with Crippen LogP contribution in [0.1, 0.15) is 19.4 Å². The van der Waals surface area contributed by atoms with Gasteiger partial charge >= 0.3 is 0 Å². The van der Waals surface area contributed by atoms with Crippen LogP contribution in [0.4, 0.5) is 0 Å². The maximum atomic E-state index is 4.58. The van der Waals surface area contributed by atoms with Gasteiger partial charge in [0.25, 0.3) is 0 Å². The van der Waals surface area contributed by atoms with E-state index in [0.29, 0.717) is 12.1 Å². The van der Waals surface area contributed by atoms with Gasteiger partial charge in [0.15, 0.2) is 0 Å². The van der Waals surface area contributed by atoms with Crippen molar-refractivity contribution in [1.29, 1.82) is 0 Å². The summed E-state index contributed by atoms with van der Waals surface area (Å²) in [6, 6.07) is 9.56. The van der Waals surface area contributed by atoms with Crippen LogP contribution in [0.15, 0.2) is 34.9 Å². The van der Waals surface area contributed by atoms with Crippen LogP contribution in [-0.2, 0) is 6.54 Å². The van der Waals surface area contributed by atoms with Crippen molar-refractivity contribution in [2.24, 2.45) is 0 Å². The number of hydrogen-bond donors (Lipinski definition) is 1. The first-order chi connectivity index (χ1) is 9.65. The number of piperazine rings is 1. The number of rotatable bonds is 2. The number of nitrogens with zero attached hydrogens (tertiary/aromatic N) is 2. The SMILES string of the molecule is CC1CN(Cc2ccc(Br)c3cccnc23)C(C)CN1. The molecule has 0 spiro atoms. The van der Waals surface area contributed by atoms with E-state index in [2.05, 4.69) is 63.2 Å². The standard InChI is InChI=1S/C16H20BrN3/c1-11-9-20(12(2)8-19-11)10-13-5-6-15(17)14-4-3-7-18-16(13)14/h3-7,11-12,19H,8-10H2,1-2H3. The van der Waals surface area contributed by atoms with Crippen molar-refractivity contribution in [3.63, 3.8) is 0 Å². The summed E-state index contributed by atoms with van der Waals surface area (Å²) in [6.07, 6.45) is 1.88. The van der Waals surface area contributed by atoms with Gasteiger partial charge in [0.2, 0.25) is 0 Å². The Morgan fingerprint density at radius 3 is 3.05 bits per heavy atom. The summed E-state index contributed by atoms with van der Waals surface area (Å²) in [4.78, 5) is 7.12. The maximum Gasteiger partial charge on any atom is 0.0758 e. The molecule has 1 aliphatic rings. The molecule has 2 atom stereocenters. The maximum absolute atomic E-state index is 4.58. The molecule has 2 aromatic rings. The summed E-state index contributed by atoms with van der Waals surface area (Å²) in [6.45, 7) is 7.65. The minimum atomic E-state index is 0.556. The summed E-state index contributed by atoms with van der Waals surface area (Å²) in [5, 5.41) is 4.72. The lowest BCUT2D eigenvalue weighted by Crippen LogP contribution is -2.53. The van der Waals surface area contributed by atoms with E-state index >= 15 is 0 Å². The summed E-state index contributed by atoms with van der Waals surface area (Å²) in [5.74, 6) is 0. The Kier molecular flexibility index (Phi) is 4.06. The van der Waals surface area contributed by atoms with Crippen LogP contribution < -0.4 is 5.32 Å². The van der Waals surface area contributed by atoms with Crippen molar-refractivity contribution in [2.75, 3.05) is 13.1 Å². The highest BCUT2D eigenvalue weighted by atomic mass is 79.9. The van der Waals surface area contributed by atoms with Crippen molar-refractivity contribution < 1.29 is 0 Å². The fourth-order valence-electron chi connectivity index (χ4n) is 2.86.